The van der Waals surface area contributed by atoms with E-state index in [1.807, 2.05) is 6.92 Å². The Bertz CT molecular complexity index is 1120. The molecule has 3 aromatic rings. The topological polar surface area (TPSA) is 105 Å². The van der Waals surface area contributed by atoms with Gasteiger partial charge in [0.1, 0.15) is 5.82 Å². The number of aryl methyl sites for hydroxylation is 1. The Morgan fingerprint density at radius 3 is 2.89 bits per heavy atom. The van der Waals surface area contributed by atoms with Gasteiger partial charge in [0.2, 0.25) is 5.91 Å². The number of rotatable bonds is 3. The van der Waals surface area contributed by atoms with Gasteiger partial charge in [-0.15, -0.1) is 0 Å². The van der Waals surface area contributed by atoms with Gasteiger partial charge >= 0.3 is 0 Å². The molecule has 0 spiro atoms. The lowest BCUT2D eigenvalue weighted by molar-refractivity contribution is -0.117. The fourth-order valence-corrected chi connectivity index (χ4v) is 3.15. The first-order valence-electron chi connectivity index (χ1n) is 8.48. The summed E-state index contributed by atoms with van der Waals surface area (Å²) in [6.45, 7) is 1.87. The van der Waals surface area contributed by atoms with Crippen molar-refractivity contribution >= 4 is 28.2 Å². The number of hydrogen-bond donors (Lipinski definition) is 2. The van der Waals surface area contributed by atoms with E-state index in [2.05, 4.69) is 21.4 Å². The van der Waals surface area contributed by atoms with Crippen molar-refractivity contribution in [3.8, 4) is 17.2 Å². The van der Waals surface area contributed by atoms with Crippen LogP contribution in [0.15, 0.2) is 36.8 Å². The second-order valence-electron chi connectivity index (χ2n) is 6.70. The summed E-state index contributed by atoms with van der Waals surface area (Å²) in [5, 5.41) is 12.7. The molecular weight excluding hydrogens is 345 g/mol. The van der Waals surface area contributed by atoms with Gasteiger partial charge in [-0.1, -0.05) is 0 Å². The molecule has 134 valence electrons. The third-order valence-electron chi connectivity index (χ3n) is 4.87. The third kappa shape index (κ3) is 2.95. The smallest absolute Gasteiger partial charge is 0.230 e. The Labute approximate surface area is 154 Å². The van der Waals surface area contributed by atoms with Gasteiger partial charge in [-0.3, -0.25) is 9.78 Å². The van der Waals surface area contributed by atoms with Crippen molar-refractivity contribution in [2.24, 2.45) is 11.8 Å². The number of nitriles is 1. The molecule has 2 atom stereocenters. The van der Waals surface area contributed by atoms with E-state index in [1.54, 1.807) is 30.6 Å². The summed E-state index contributed by atoms with van der Waals surface area (Å²) in [6, 6.07) is 7.22. The van der Waals surface area contributed by atoms with Crippen LogP contribution in [0.3, 0.4) is 0 Å². The molecule has 1 saturated carbocycles. The number of halogens is 1. The van der Waals surface area contributed by atoms with Crippen molar-refractivity contribution in [3.63, 3.8) is 0 Å². The summed E-state index contributed by atoms with van der Waals surface area (Å²) in [6.07, 6.45) is 5.25. The van der Waals surface area contributed by atoms with Gasteiger partial charge < -0.3 is 11.1 Å². The molecule has 1 fully saturated rings. The third-order valence-corrected chi connectivity index (χ3v) is 4.87. The van der Waals surface area contributed by atoms with Gasteiger partial charge in [-0.2, -0.15) is 5.26 Å². The first-order valence-corrected chi connectivity index (χ1v) is 8.48. The number of nitrogens with two attached hydrogens (primary N) is 1. The van der Waals surface area contributed by atoms with Crippen LogP contribution in [0.5, 0.6) is 0 Å². The molecule has 1 amide bonds. The largest absolute Gasteiger partial charge is 0.396 e. The Morgan fingerprint density at radius 2 is 2.19 bits per heavy atom. The van der Waals surface area contributed by atoms with Crippen molar-refractivity contribution in [1.82, 2.24) is 9.97 Å². The standard InChI is InChI=1S/C20H16FN5O/c1-10-2-3-24-8-15(10)14-4-11-6-17(25-9-16(11)19(23)18(14)21)26-20(27)13-5-12(13)7-22/h2-4,6,8-9,12-13H,5,23H2,1H3,(H,25,26,27)/t12-,13+/m0/s1. The number of hydrogen-bond acceptors (Lipinski definition) is 5. The van der Waals surface area contributed by atoms with E-state index in [9.17, 15) is 9.18 Å². The van der Waals surface area contributed by atoms with Crippen LogP contribution in [0, 0.1) is 35.9 Å². The number of fused-ring (bicyclic) bond motifs is 1. The number of nitrogens with zero attached hydrogens (tertiary/aromatic N) is 3. The average Bonchev–Trinajstić information content (AvgIpc) is 3.45. The molecule has 0 unspecified atom stereocenters. The van der Waals surface area contributed by atoms with E-state index in [0.29, 0.717) is 34.1 Å². The fraction of sp³-hybridized carbons (Fsp3) is 0.200. The van der Waals surface area contributed by atoms with E-state index in [-0.39, 0.29) is 23.4 Å². The Kier molecular flexibility index (Phi) is 3.96. The van der Waals surface area contributed by atoms with Crippen molar-refractivity contribution in [3.05, 3.63) is 48.2 Å². The van der Waals surface area contributed by atoms with Gasteiger partial charge in [0.25, 0.3) is 0 Å². The molecular formula is C20H16FN5O. The highest BCUT2D eigenvalue weighted by Crippen LogP contribution is 2.39. The highest BCUT2D eigenvalue weighted by Gasteiger charge is 2.43. The summed E-state index contributed by atoms with van der Waals surface area (Å²) >= 11 is 0. The molecule has 4 rings (SSSR count). The lowest BCUT2D eigenvalue weighted by Crippen LogP contribution is -2.15. The first-order chi connectivity index (χ1) is 13.0. The van der Waals surface area contributed by atoms with Gasteiger partial charge in [0, 0.05) is 35.1 Å². The summed E-state index contributed by atoms with van der Waals surface area (Å²) in [7, 11) is 0. The molecule has 27 heavy (non-hydrogen) atoms. The van der Waals surface area contributed by atoms with Gasteiger partial charge in [0.15, 0.2) is 5.82 Å². The average molecular weight is 361 g/mol. The lowest BCUT2D eigenvalue weighted by Gasteiger charge is -2.12. The molecule has 1 aliphatic rings. The molecule has 1 aliphatic carbocycles. The zero-order chi connectivity index (χ0) is 19.1. The quantitative estimate of drug-likeness (QED) is 0.696. The number of nitrogen functional groups attached to an aromatic ring is 1. The Morgan fingerprint density at radius 1 is 1.37 bits per heavy atom. The number of benzene rings is 1. The van der Waals surface area contributed by atoms with Crippen LogP contribution >= 0.6 is 0 Å². The minimum atomic E-state index is -0.521. The van der Waals surface area contributed by atoms with E-state index in [0.717, 1.165) is 5.56 Å². The molecule has 7 heteroatoms. The van der Waals surface area contributed by atoms with E-state index < -0.39 is 5.82 Å². The van der Waals surface area contributed by atoms with Gasteiger partial charge in [0.05, 0.1) is 23.6 Å². The predicted molar refractivity (Wildman–Crippen MR) is 99.9 cm³/mol. The molecule has 1 aromatic carbocycles. The fourth-order valence-electron chi connectivity index (χ4n) is 3.15. The highest BCUT2D eigenvalue weighted by molar-refractivity contribution is 6.00. The van der Waals surface area contributed by atoms with Crippen LogP contribution < -0.4 is 11.1 Å². The molecule has 0 saturated heterocycles. The van der Waals surface area contributed by atoms with Gasteiger partial charge in [-0.25, -0.2) is 9.37 Å². The number of carbonyl (C=O) groups is 1. The second-order valence-corrected chi connectivity index (χ2v) is 6.70. The number of aromatic nitrogens is 2. The maximum absolute atomic E-state index is 14.8. The lowest BCUT2D eigenvalue weighted by atomic mass is 9.98. The molecule has 0 radical (unpaired) electrons. The number of anilines is 2. The Balaban J connectivity index is 1.75. The van der Waals surface area contributed by atoms with E-state index in [4.69, 9.17) is 11.0 Å². The van der Waals surface area contributed by atoms with Crippen molar-refractivity contribution in [1.29, 1.82) is 5.26 Å². The van der Waals surface area contributed by atoms with Crippen LogP contribution in [-0.2, 0) is 4.79 Å². The van der Waals surface area contributed by atoms with Crippen LogP contribution in [0.2, 0.25) is 0 Å². The van der Waals surface area contributed by atoms with Crippen molar-refractivity contribution in [2.75, 3.05) is 11.1 Å². The SMILES string of the molecule is Cc1ccncc1-c1cc2cc(NC(=O)[C@@H]3C[C@H]3C#N)ncc2c(N)c1F. The monoisotopic (exact) mass is 361 g/mol. The predicted octanol–water partition coefficient (Wildman–Crippen LogP) is 3.42. The van der Waals surface area contributed by atoms with Crippen LogP contribution in [0.25, 0.3) is 21.9 Å². The maximum atomic E-state index is 14.8. The molecule has 3 N–H and O–H groups in total. The normalized spacial score (nSPS) is 18.1. The summed E-state index contributed by atoms with van der Waals surface area (Å²) in [4.78, 5) is 20.4. The maximum Gasteiger partial charge on any atom is 0.230 e. The molecule has 0 aliphatic heterocycles. The molecule has 6 nitrogen and oxygen atoms in total. The molecule has 2 heterocycles. The number of amides is 1. The minimum Gasteiger partial charge on any atom is -0.396 e. The van der Waals surface area contributed by atoms with Crippen LogP contribution in [-0.4, -0.2) is 15.9 Å². The summed E-state index contributed by atoms with van der Waals surface area (Å²) in [5.41, 5.74) is 7.87. The van der Waals surface area contributed by atoms with Crippen LogP contribution in [0.1, 0.15) is 12.0 Å². The Hall–Kier alpha value is -3.53. The minimum absolute atomic E-state index is 0.00265. The number of nitrogens with one attached hydrogen (secondary N) is 1. The number of pyridine rings is 2. The highest BCUT2D eigenvalue weighted by atomic mass is 19.1. The van der Waals surface area contributed by atoms with Crippen molar-refractivity contribution < 1.29 is 9.18 Å². The van der Waals surface area contributed by atoms with Crippen LogP contribution in [0.4, 0.5) is 15.9 Å². The molecule has 0 bridgehead atoms. The number of carbonyl (C=O) groups excluding carboxylic acids is 1. The summed E-state index contributed by atoms with van der Waals surface area (Å²) in [5.74, 6) is -0.926. The second kappa shape index (κ2) is 6.32. The molecule has 2 aromatic heterocycles. The summed E-state index contributed by atoms with van der Waals surface area (Å²) < 4.78 is 14.8. The first kappa shape index (κ1) is 16.9. The van der Waals surface area contributed by atoms with Gasteiger partial charge in [-0.05, 0) is 42.5 Å². The van der Waals surface area contributed by atoms with Crippen molar-refractivity contribution in [2.45, 2.75) is 13.3 Å². The van der Waals surface area contributed by atoms with E-state index in [1.165, 1.54) is 6.20 Å². The zero-order valence-corrected chi connectivity index (χ0v) is 14.5. The zero-order valence-electron chi connectivity index (χ0n) is 14.5. The van der Waals surface area contributed by atoms with E-state index >= 15 is 0 Å².